The Labute approximate surface area is 163 Å². The van der Waals surface area contributed by atoms with Crippen LogP contribution in [0, 0.1) is 0 Å². The van der Waals surface area contributed by atoms with Crippen molar-refractivity contribution in [2.24, 2.45) is 5.73 Å². The molecule has 3 N–H and O–H groups in total. The van der Waals surface area contributed by atoms with Crippen molar-refractivity contribution in [2.45, 2.75) is 63.2 Å². The summed E-state index contributed by atoms with van der Waals surface area (Å²) in [5.74, 6) is -3.00. The lowest BCUT2D eigenvalue weighted by molar-refractivity contribution is -0.118. The van der Waals surface area contributed by atoms with Crippen LogP contribution in [-0.4, -0.2) is 10.9 Å². The quantitative estimate of drug-likeness (QED) is 0.619. The molecule has 150 valence electrons. The molecule has 1 atom stereocenters. The number of carbonyl (C=O) groups excluding carboxylic acids is 1. The van der Waals surface area contributed by atoms with Gasteiger partial charge in [-0.1, -0.05) is 36.8 Å². The third-order valence-corrected chi connectivity index (χ3v) is 5.34. The molecule has 28 heavy (non-hydrogen) atoms. The lowest BCUT2D eigenvalue weighted by atomic mass is 9.88. The molecular formula is C22H26F2N2O2. The van der Waals surface area contributed by atoms with Gasteiger partial charge in [0.2, 0.25) is 5.91 Å². The third-order valence-electron chi connectivity index (χ3n) is 5.34. The van der Waals surface area contributed by atoms with E-state index in [2.05, 4.69) is 4.98 Å². The first-order valence-corrected chi connectivity index (χ1v) is 9.75. The Morgan fingerprint density at radius 1 is 1.18 bits per heavy atom. The number of nitrogens with one attached hydrogen (secondary N) is 1. The number of hydrogen-bond acceptors (Lipinski definition) is 2. The number of H-pyrrole nitrogens is 1. The molecule has 0 radical (unpaired) electrons. The Morgan fingerprint density at radius 2 is 1.86 bits per heavy atom. The minimum absolute atomic E-state index is 0.0405. The summed E-state index contributed by atoms with van der Waals surface area (Å²) in [6.07, 6.45) is 4.49. The Kier molecular flexibility index (Phi) is 5.96. The van der Waals surface area contributed by atoms with E-state index in [1.165, 1.54) is 12.1 Å². The SMILES string of the molecule is CC(F)(F)c1ccc(C(CCCCC(N)=O)c2ccc(C3CC3)c(=O)[nH]2)cc1. The molecule has 1 saturated carbocycles. The van der Waals surface area contributed by atoms with Crippen LogP contribution >= 0.6 is 0 Å². The van der Waals surface area contributed by atoms with Gasteiger partial charge in [-0.15, -0.1) is 0 Å². The van der Waals surface area contributed by atoms with Crippen molar-refractivity contribution >= 4 is 5.91 Å². The second kappa shape index (κ2) is 8.25. The number of nitrogens with two attached hydrogens (primary N) is 1. The van der Waals surface area contributed by atoms with Gasteiger partial charge in [-0.3, -0.25) is 9.59 Å². The van der Waals surface area contributed by atoms with Crippen LogP contribution in [0.5, 0.6) is 0 Å². The molecule has 2 aromatic rings. The van der Waals surface area contributed by atoms with Crippen molar-refractivity contribution < 1.29 is 13.6 Å². The highest BCUT2D eigenvalue weighted by molar-refractivity contribution is 5.73. The van der Waals surface area contributed by atoms with Gasteiger partial charge in [-0.25, -0.2) is 8.78 Å². The molecule has 1 fully saturated rings. The number of alkyl halides is 2. The predicted molar refractivity (Wildman–Crippen MR) is 105 cm³/mol. The summed E-state index contributed by atoms with van der Waals surface area (Å²) in [4.78, 5) is 26.4. The van der Waals surface area contributed by atoms with Crippen LogP contribution in [0.1, 0.15) is 79.7 Å². The number of amides is 1. The number of primary amides is 1. The van der Waals surface area contributed by atoms with Crippen LogP contribution < -0.4 is 11.3 Å². The maximum atomic E-state index is 13.5. The van der Waals surface area contributed by atoms with E-state index in [0.29, 0.717) is 25.2 Å². The summed E-state index contributed by atoms with van der Waals surface area (Å²) in [5, 5.41) is 0. The molecule has 6 heteroatoms. The number of rotatable bonds is 9. The Hall–Kier alpha value is -2.50. The van der Waals surface area contributed by atoms with Gasteiger partial charge in [0.1, 0.15) is 0 Å². The highest BCUT2D eigenvalue weighted by atomic mass is 19.3. The minimum atomic E-state index is -2.89. The number of pyridine rings is 1. The monoisotopic (exact) mass is 388 g/mol. The summed E-state index contributed by atoms with van der Waals surface area (Å²) < 4.78 is 27.0. The average molecular weight is 388 g/mol. The second-order valence-electron chi connectivity index (χ2n) is 7.75. The average Bonchev–Trinajstić information content (AvgIpc) is 3.46. The van der Waals surface area contributed by atoms with Gasteiger partial charge in [0.05, 0.1) is 0 Å². The minimum Gasteiger partial charge on any atom is -0.370 e. The highest BCUT2D eigenvalue weighted by Crippen LogP contribution is 2.39. The van der Waals surface area contributed by atoms with Gasteiger partial charge in [0.25, 0.3) is 11.5 Å². The lowest BCUT2D eigenvalue weighted by Gasteiger charge is -2.19. The van der Waals surface area contributed by atoms with Crippen molar-refractivity contribution in [2.75, 3.05) is 0 Å². The van der Waals surface area contributed by atoms with E-state index in [0.717, 1.165) is 43.0 Å². The molecule has 1 aromatic carbocycles. The third kappa shape index (κ3) is 5.06. The fourth-order valence-corrected chi connectivity index (χ4v) is 3.58. The molecule has 0 bridgehead atoms. The molecule has 1 aliphatic carbocycles. The maximum Gasteiger partial charge on any atom is 0.270 e. The fraction of sp³-hybridized carbons (Fsp3) is 0.455. The number of benzene rings is 1. The standard InChI is InChI=1S/C22H26F2N2O2/c1-22(23,24)16-10-8-14(9-11-16)17(4-2-3-5-20(25)27)19-13-12-18(15-6-7-15)21(28)26-19/h8-13,15,17H,2-7H2,1H3,(H2,25,27)(H,26,28). The van der Waals surface area contributed by atoms with Crippen molar-refractivity contribution in [1.29, 1.82) is 0 Å². The molecule has 0 aliphatic heterocycles. The Bertz CT molecular complexity index is 881. The first kappa shape index (κ1) is 20.2. The summed E-state index contributed by atoms with van der Waals surface area (Å²) in [6, 6.07) is 10.1. The van der Waals surface area contributed by atoms with Crippen molar-refractivity contribution in [3.8, 4) is 0 Å². The van der Waals surface area contributed by atoms with E-state index in [9.17, 15) is 18.4 Å². The Morgan fingerprint density at radius 3 is 2.39 bits per heavy atom. The number of hydrogen-bond donors (Lipinski definition) is 2. The zero-order chi connectivity index (χ0) is 20.3. The number of carbonyl (C=O) groups is 1. The molecule has 0 spiro atoms. The van der Waals surface area contributed by atoms with E-state index >= 15 is 0 Å². The van der Waals surface area contributed by atoms with Gasteiger partial charge in [-0.2, -0.15) is 0 Å². The molecular weight excluding hydrogens is 362 g/mol. The molecule has 1 amide bonds. The van der Waals surface area contributed by atoms with Crippen LogP contribution in [0.15, 0.2) is 41.2 Å². The van der Waals surface area contributed by atoms with E-state index in [-0.39, 0.29) is 22.9 Å². The molecule has 3 rings (SSSR count). The molecule has 1 heterocycles. The zero-order valence-electron chi connectivity index (χ0n) is 16.0. The van der Waals surface area contributed by atoms with Gasteiger partial charge in [-0.05, 0) is 43.2 Å². The molecule has 0 saturated heterocycles. The summed E-state index contributed by atoms with van der Waals surface area (Å²) in [5.41, 5.74) is 7.54. The van der Waals surface area contributed by atoms with Gasteiger partial charge < -0.3 is 10.7 Å². The first-order chi connectivity index (χ1) is 13.3. The lowest BCUT2D eigenvalue weighted by Crippen LogP contribution is -2.16. The van der Waals surface area contributed by atoms with Gasteiger partial charge in [0.15, 0.2) is 0 Å². The van der Waals surface area contributed by atoms with Crippen LogP contribution in [-0.2, 0) is 10.7 Å². The molecule has 1 aliphatic rings. The molecule has 4 nitrogen and oxygen atoms in total. The van der Waals surface area contributed by atoms with E-state index in [1.807, 2.05) is 12.1 Å². The number of aromatic nitrogens is 1. The summed E-state index contributed by atoms with van der Waals surface area (Å²) in [7, 11) is 0. The van der Waals surface area contributed by atoms with Crippen molar-refractivity contribution in [3.63, 3.8) is 0 Å². The van der Waals surface area contributed by atoms with E-state index < -0.39 is 5.92 Å². The van der Waals surface area contributed by atoms with Crippen LogP contribution in [0.4, 0.5) is 8.78 Å². The van der Waals surface area contributed by atoms with E-state index in [1.54, 1.807) is 12.1 Å². The van der Waals surface area contributed by atoms with Gasteiger partial charge >= 0.3 is 0 Å². The highest BCUT2D eigenvalue weighted by Gasteiger charge is 2.27. The summed E-state index contributed by atoms with van der Waals surface area (Å²) in [6.45, 7) is 0.872. The normalized spacial score (nSPS) is 15.4. The zero-order valence-corrected chi connectivity index (χ0v) is 16.0. The summed E-state index contributed by atoms with van der Waals surface area (Å²) >= 11 is 0. The largest absolute Gasteiger partial charge is 0.370 e. The number of aromatic amines is 1. The smallest absolute Gasteiger partial charge is 0.270 e. The predicted octanol–water partition coefficient (Wildman–Crippen LogP) is 4.54. The van der Waals surface area contributed by atoms with E-state index in [4.69, 9.17) is 5.73 Å². The van der Waals surface area contributed by atoms with Crippen LogP contribution in [0.3, 0.4) is 0 Å². The van der Waals surface area contributed by atoms with Crippen molar-refractivity contribution in [3.05, 3.63) is 69.1 Å². The molecule has 1 unspecified atom stereocenters. The van der Waals surface area contributed by atoms with Gasteiger partial charge in [0, 0.05) is 36.1 Å². The fourth-order valence-electron chi connectivity index (χ4n) is 3.58. The Balaban J connectivity index is 1.85. The van der Waals surface area contributed by atoms with Crippen molar-refractivity contribution in [1.82, 2.24) is 4.98 Å². The van der Waals surface area contributed by atoms with Crippen LogP contribution in [0.2, 0.25) is 0 Å². The topological polar surface area (TPSA) is 76.0 Å². The molecule has 1 aromatic heterocycles. The number of halogens is 2. The first-order valence-electron chi connectivity index (χ1n) is 9.75. The maximum absolute atomic E-state index is 13.5. The second-order valence-corrected chi connectivity index (χ2v) is 7.75. The number of unbranched alkanes of at least 4 members (excludes halogenated alkanes) is 1. The van der Waals surface area contributed by atoms with Crippen LogP contribution in [0.25, 0.3) is 0 Å².